The predicted octanol–water partition coefficient (Wildman–Crippen LogP) is 4.19. The third-order valence-corrected chi connectivity index (χ3v) is 7.77. The fourth-order valence-corrected chi connectivity index (χ4v) is 5.97. The summed E-state index contributed by atoms with van der Waals surface area (Å²) in [6.45, 7) is 7.43. The molecule has 37 heavy (non-hydrogen) atoms. The second-order valence-electron chi connectivity index (χ2n) is 9.89. The van der Waals surface area contributed by atoms with Gasteiger partial charge >= 0.3 is 5.97 Å². The maximum Gasteiger partial charge on any atom is 0.310 e. The van der Waals surface area contributed by atoms with Gasteiger partial charge in [-0.15, -0.1) is 0 Å². The molecule has 4 rings (SSSR count). The molecule has 1 fully saturated rings. The fourth-order valence-electron chi connectivity index (χ4n) is 5.97. The van der Waals surface area contributed by atoms with E-state index in [-0.39, 0.29) is 30.9 Å². The van der Waals surface area contributed by atoms with Crippen molar-refractivity contribution < 1.29 is 24.2 Å². The van der Waals surface area contributed by atoms with Crippen LogP contribution in [0.1, 0.15) is 43.0 Å². The average Bonchev–Trinajstić information content (AvgIpc) is 3.19. The molecule has 2 aliphatic rings. The Morgan fingerprint density at radius 3 is 2.30 bits per heavy atom. The molecule has 2 aromatic rings. The van der Waals surface area contributed by atoms with Crippen LogP contribution in [0.25, 0.3) is 0 Å². The van der Waals surface area contributed by atoms with Gasteiger partial charge in [0, 0.05) is 11.6 Å². The van der Waals surface area contributed by atoms with Crippen LogP contribution in [0, 0.1) is 37.5 Å². The Labute approximate surface area is 218 Å². The van der Waals surface area contributed by atoms with Crippen LogP contribution in [-0.2, 0) is 19.1 Å². The summed E-state index contributed by atoms with van der Waals surface area (Å²) in [6, 6.07) is 13.4. The van der Waals surface area contributed by atoms with Crippen molar-refractivity contribution in [2.24, 2.45) is 23.7 Å². The number of hydrogen-bond donors (Lipinski definition) is 2. The van der Waals surface area contributed by atoms with Crippen molar-refractivity contribution in [3.8, 4) is 0 Å². The molecular weight excluding hydrogens is 468 g/mol. The molecule has 2 aromatic carbocycles. The molecule has 196 valence electrons. The highest BCUT2D eigenvalue weighted by atomic mass is 16.5. The van der Waals surface area contributed by atoms with Gasteiger partial charge < -0.3 is 20.1 Å². The van der Waals surface area contributed by atoms with E-state index in [4.69, 9.17) is 4.74 Å². The summed E-state index contributed by atoms with van der Waals surface area (Å²) in [5.41, 5.74) is 3.26. The minimum Gasteiger partial charge on any atom is -0.466 e. The summed E-state index contributed by atoms with van der Waals surface area (Å²) in [7, 11) is 0. The van der Waals surface area contributed by atoms with Gasteiger partial charge in [-0.2, -0.15) is 0 Å². The first kappa shape index (κ1) is 26.6. The lowest BCUT2D eigenvalue weighted by molar-refractivity contribution is -0.156. The van der Waals surface area contributed by atoms with Gasteiger partial charge in [-0.3, -0.25) is 14.4 Å². The molecule has 1 aliphatic heterocycles. The monoisotopic (exact) mass is 504 g/mol. The number of nitrogens with zero attached hydrogens (tertiary/aromatic N) is 1. The molecular formula is C30H36N2O5. The maximum atomic E-state index is 14.2. The van der Waals surface area contributed by atoms with E-state index >= 15 is 0 Å². The molecule has 7 nitrogen and oxygen atoms in total. The lowest BCUT2D eigenvalue weighted by atomic mass is 9.69. The van der Waals surface area contributed by atoms with E-state index in [9.17, 15) is 19.5 Å². The molecule has 1 aliphatic carbocycles. The molecule has 1 saturated heterocycles. The van der Waals surface area contributed by atoms with Gasteiger partial charge in [0.1, 0.15) is 6.04 Å². The first-order chi connectivity index (χ1) is 17.8. The molecule has 1 heterocycles. The van der Waals surface area contributed by atoms with Gasteiger partial charge in [0.15, 0.2) is 0 Å². The van der Waals surface area contributed by atoms with Crippen LogP contribution in [0.4, 0.5) is 5.69 Å². The number of hydrogen-bond acceptors (Lipinski definition) is 5. The van der Waals surface area contributed by atoms with Gasteiger partial charge in [-0.25, -0.2) is 0 Å². The van der Waals surface area contributed by atoms with E-state index in [1.165, 1.54) is 4.90 Å². The molecule has 2 N–H and O–H groups in total. The number of aliphatic hydroxyl groups is 1. The van der Waals surface area contributed by atoms with E-state index < -0.39 is 35.8 Å². The average molecular weight is 505 g/mol. The van der Waals surface area contributed by atoms with Gasteiger partial charge in [-0.1, -0.05) is 67.6 Å². The van der Waals surface area contributed by atoms with Crippen LogP contribution in [-0.4, -0.2) is 47.0 Å². The standard InChI is InChI=1S/C30H36N2O5/c1-5-20-15-16-22-25(24(20)30(36)37-6-2)29(35)32(23(17-33)21-13-8-7-9-14-21)27(22)28(34)31-26-18(3)11-10-12-19(26)4/h7-16,20,22-25,27,33H,5-6,17H2,1-4H3,(H,31,34)/t20-,22+,23-,24-,25+,27+/m1/s1. The van der Waals surface area contributed by atoms with Crippen LogP contribution in [0.3, 0.4) is 0 Å². The molecule has 0 radical (unpaired) electrons. The molecule has 0 unspecified atom stereocenters. The zero-order valence-electron chi connectivity index (χ0n) is 21.9. The van der Waals surface area contributed by atoms with E-state index in [2.05, 4.69) is 5.32 Å². The smallest absolute Gasteiger partial charge is 0.310 e. The lowest BCUT2D eigenvalue weighted by Crippen LogP contribution is -2.47. The number of ether oxygens (including phenoxy) is 1. The molecule has 0 saturated carbocycles. The van der Waals surface area contributed by atoms with E-state index in [1.54, 1.807) is 6.92 Å². The van der Waals surface area contributed by atoms with Gasteiger partial charge in [-0.05, 0) is 49.8 Å². The highest BCUT2D eigenvalue weighted by molar-refractivity contribution is 6.02. The highest BCUT2D eigenvalue weighted by Crippen LogP contribution is 2.48. The van der Waals surface area contributed by atoms with Crippen molar-refractivity contribution in [2.75, 3.05) is 18.5 Å². The summed E-state index contributed by atoms with van der Waals surface area (Å²) in [6.07, 6.45) is 4.54. The quantitative estimate of drug-likeness (QED) is 0.415. The van der Waals surface area contributed by atoms with Crippen molar-refractivity contribution in [1.29, 1.82) is 0 Å². The molecule has 7 heteroatoms. The number of aliphatic hydroxyl groups excluding tert-OH is 1. The summed E-state index contributed by atoms with van der Waals surface area (Å²) >= 11 is 0. The Hall–Kier alpha value is -3.45. The summed E-state index contributed by atoms with van der Waals surface area (Å²) in [5, 5.41) is 13.6. The number of allylic oxidation sites excluding steroid dienone is 1. The lowest BCUT2D eigenvalue weighted by Gasteiger charge is -2.34. The molecule has 0 aromatic heterocycles. The third-order valence-electron chi connectivity index (χ3n) is 7.77. The van der Waals surface area contributed by atoms with Crippen molar-refractivity contribution in [1.82, 2.24) is 4.90 Å². The largest absolute Gasteiger partial charge is 0.466 e. The minimum atomic E-state index is -0.903. The van der Waals surface area contributed by atoms with Crippen molar-refractivity contribution >= 4 is 23.5 Å². The second-order valence-corrected chi connectivity index (χ2v) is 9.89. The van der Waals surface area contributed by atoms with Gasteiger partial charge in [0.05, 0.1) is 31.1 Å². The normalized spacial score (nSPS) is 25.5. The van der Waals surface area contributed by atoms with Crippen LogP contribution >= 0.6 is 0 Å². The number of benzene rings is 2. The van der Waals surface area contributed by atoms with Crippen LogP contribution in [0.15, 0.2) is 60.7 Å². The SMILES string of the molecule is CCOC(=O)[C@H]1[C@H]2C(=O)N([C@H](CO)c3ccccc3)[C@H](C(=O)Nc3c(C)cccc3C)[C@H]2C=C[C@H]1CC. The van der Waals surface area contributed by atoms with Gasteiger partial charge in [0.25, 0.3) is 0 Å². The Bertz CT molecular complexity index is 1160. The zero-order valence-corrected chi connectivity index (χ0v) is 21.9. The number of para-hydroxylation sites is 1. The van der Waals surface area contributed by atoms with Crippen LogP contribution < -0.4 is 5.32 Å². The second kappa shape index (κ2) is 11.3. The minimum absolute atomic E-state index is 0.171. The van der Waals surface area contributed by atoms with Crippen LogP contribution in [0.2, 0.25) is 0 Å². The fraction of sp³-hybridized carbons (Fsp3) is 0.433. The van der Waals surface area contributed by atoms with E-state index in [0.29, 0.717) is 12.1 Å². The molecule has 2 amide bonds. The first-order valence-electron chi connectivity index (χ1n) is 13.0. The number of carbonyl (C=O) groups is 3. The summed E-state index contributed by atoms with van der Waals surface area (Å²) < 4.78 is 5.41. The molecule has 0 spiro atoms. The summed E-state index contributed by atoms with van der Waals surface area (Å²) in [5.74, 6) is -3.21. The van der Waals surface area contributed by atoms with Crippen LogP contribution in [0.5, 0.6) is 0 Å². The number of fused-ring (bicyclic) bond motifs is 1. The number of anilines is 1. The number of aryl methyl sites for hydroxylation is 2. The maximum absolute atomic E-state index is 14.2. The Balaban J connectivity index is 1.81. The predicted molar refractivity (Wildman–Crippen MR) is 141 cm³/mol. The van der Waals surface area contributed by atoms with E-state index in [0.717, 1.165) is 16.7 Å². The number of esters is 1. The van der Waals surface area contributed by atoms with Crippen molar-refractivity contribution in [3.63, 3.8) is 0 Å². The number of rotatable bonds is 8. The highest BCUT2D eigenvalue weighted by Gasteiger charge is 2.59. The number of amides is 2. The van der Waals surface area contributed by atoms with E-state index in [1.807, 2.05) is 81.5 Å². The number of likely N-dealkylation sites (tertiary alicyclic amines) is 1. The topological polar surface area (TPSA) is 95.9 Å². The molecule has 6 atom stereocenters. The van der Waals surface area contributed by atoms with Crippen molar-refractivity contribution in [2.45, 2.75) is 46.2 Å². The first-order valence-corrected chi connectivity index (χ1v) is 13.0. The van der Waals surface area contributed by atoms with Crippen molar-refractivity contribution in [3.05, 3.63) is 77.4 Å². The Morgan fingerprint density at radius 2 is 1.70 bits per heavy atom. The third kappa shape index (κ3) is 4.92. The van der Waals surface area contributed by atoms with Gasteiger partial charge in [0.2, 0.25) is 11.8 Å². The summed E-state index contributed by atoms with van der Waals surface area (Å²) in [4.78, 5) is 42.8. The number of carbonyl (C=O) groups excluding carboxylic acids is 3. The number of nitrogens with one attached hydrogen (secondary N) is 1. The molecule has 0 bridgehead atoms. The Morgan fingerprint density at radius 1 is 1.03 bits per heavy atom. The zero-order chi connectivity index (χ0) is 26.7. The Kier molecular flexibility index (Phi) is 8.13.